The maximum Gasteiger partial charge on any atom is 0.340 e. The summed E-state index contributed by atoms with van der Waals surface area (Å²) in [4.78, 5) is 11.5. The van der Waals surface area contributed by atoms with Crippen molar-refractivity contribution >= 4 is 11.0 Å². The Morgan fingerprint density at radius 1 is 1.00 bits per heavy atom. The molecule has 5 heteroatoms. The predicted octanol–water partition coefficient (Wildman–Crippen LogP) is 2.13. The van der Waals surface area contributed by atoms with Crippen molar-refractivity contribution < 1.29 is 18.6 Å². The Kier molecular flexibility index (Phi) is 3.14. The van der Waals surface area contributed by atoms with Crippen LogP contribution < -0.4 is 19.8 Å². The van der Waals surface area contributed by atoms with E-state index in [1.165, 1.54) is 27.4 Å². The van der Waals surface area contributed by atoms with Gasteiger partial charge in [0.1, 0.15) is 5.75 Å². The molecular formula is C13H14O5. The highest BCUT2D eigenvalue weighted by atomic mass is 16.5. The summed E-state index contributed by atoms with van der Waals surface area (Å²) in [5, 5.41) is 0.703. The Balaban J connectivity index is 2.99. The van der Waals surface area contributed by atoms with Crippen LogP contribution in [0.3, 0.4) is 0 Å². The molecule has 0 aliphatic carbocycles. The predicted molar refractivity (Wildman–Crippen MR) is 66.9 cm³/mol. The highest BCUT2D eigenvalue weighted by Crippen LogP contribution is 2.40. The summed E-state index contributed by atoms with van der Waals surface area (Å²) < 4.78 is 20.9. The van der Waals surface area contributed by atoms with E-state index in [4.69, 9.17) is 18.6 Å². The Hall–Kier alpha value is -2.17. The first-order valence-corrected chi connectivity index (χ1v) is 5.35. The van der Waals surface area contributed by atoms with Crippen molar-refractivity contribution in [3.8, 4) is 17.2 Å². The van der Waals surface area contributed by atoms with Crippen molar-refractivity contribution in [3.05, 3.63) is 28.1 Å². The summed E-state index contributed by atoms with van der Waals surface area (Å²) in [5.74, 6) is 1.35. The van der Waals surface area contributed by atoms with Crippen LogP contribution in [0.4, 0.5) is 0 Å². The Morgan fingerprint density at radius 2 is 1.67 bits per heavy atom. The van der Waals surface area contributed by atoms with Gasteiger partial charge in [0.2, 0.25) is 5.75 Å². The Morgan fingerprint density at radius 3 is 2.22 bits per heavy atom. The lowest BCUT2D eigenvalue weighted by molar-refractivity contribution is 0.350. The third-order valence-corrected chi connectivity index (χ3v) is 2.74. The molecule has 0 fully saturated rings. The highest BCUT2D eigenvalue weighted by Gasteiger charge is 2.18. The number of benzene rings is 1. The van der Waals surface area contributed by atoms with E-state index in [9.17, 15) is 4.79 Å². The number of methoxy groups -OCH3 is 3. The van der Waals surface area contributed by atoms with Gasteiger partial charge < -0.3 is 18.6 Å². The molecule has 0 bridgehead atoms. The van der Waals surface area contributed by atoms with E-state index >= 15 is 0 Å². The van der Waals surface area contributed by atoms with Crippen molar-refractivity contribution in [3.63, 3.8) is 0 Å². The van der Waals surface area contributed by atoms with E-state index in [1.54, 1.807) is 0 Å². The van der Waals surface area contributed by atoms with Crippen LogP contribution in [0.25, 0.3) is 11.0 Å². The van der Waals surface area contributed by atoms with Crippen molar-refractivity contribution in [2.75, 3.05) is 21.3 Å². The number of hydrogen-bond acceptors (Lipinski definition) is 5. The maximum absolute atomic E-state index is 11.5. The molecule has 0 aliphatic rings. The molecule has 1 heterocycles. The second kappa shape index (κ2) is 4.60. The largest absolute Gasteiger partial charge is 0.496 e. The van der Waals surface area contributed by atoms with E-state index in [0.717, 1.165) is 5.56 Å². The lowest BCUT2D eigenvalue weighted by Crippen LogP contribution is -2.02. The summed E-state index contributed by atoms with van der Waals surface area (Å²) in [6, 6.07) is 3.12. The van der Waals surface area contributed by atoms with Gasteiger partial charge in [-0.25, -0.2) is 4.79 Å². The van der Waals surface area contributed by atoms with E-state index in [-0.39, 0.29) is 0 Å². The lowest BCUT2D eigenvalue weighted by atomic mass is 10.1. The first kappa shape index (κ1) is 12.3. The molecule has 2 rings (SSSR count). The monoisotopic (exact) mass is 250 g/mol. The second-order valence-corrected chi connectivity index (χ2v) is 3.77. The molecule has 0 amide bonds. The van der Waals surface area contributed by atoms with Crippen LogP contribution in [0.1, 0.15) is 5.56 Å². The molecule has 0 N–H and O–H groups in total. The molecule has 2 aromatic rings. The van der Waals surface area contributed by atoms with Gasteiger partial charge in [0, 0.05) is 0 Å². The first-order valence-electron chi connectivity index (χ1n) is 5.35. The van der Waals surface area contributed by atoms with Crippen LogP contribution in [0.5, 0.6) is 17.2 Å². The first-order chi connectivity index (χ1) is 8.62. The van der Waals surface area contributed by atoms with Crippen LogP contribution in [0, 0.1) is 6.92 Å². The minimum Gasteiger partial charge on any atom is -0.496 e. The third-order valence-electron chi connectivity index (χ3n) is 2.74. The summed E-state index contributed by atoms with van der Waals surface area (Å²) >= 11 is 0. The molecule has 0 unspecified atom stereocenters. The van der Waals surface area contributed by atoms with Gasteiger partial charge in [-0.1, -0.05) is 0 Å². The van der Waals surface area contributed by atoms with E-state index < -0.39 is 5.63 Å². The number of hydrogen-bond donors (Lipinski definition) is 0. The quantitative estimate of drug-likeness (QED) is 0.781. The molecular weight excluding hydrogens is 236 g/mol. The summed E-state index contributed by atoms with van der Waals surface area (Å²) in [7, 11) is 4.53. The Bertz CT molecular complexity index is 642. The van der Waals surface area contributed by atoms with Gasteiger partial charge in [0.15, 0.2) is 11.3 Å². The average molecular weight is 250 g/mol. The Labute approximate surface area is 104 Å². The number of rotatable bonds is 3. The smallest absolute Gasteiger partial charge is 0.340 e. The number of aryl methyl sites for hydroxylation is 1. The van der Waals surface area contributed by atoms with Crippen LogP contribution in [-0.4, -0.2) is 21.3 Å². The number of fused-ring (bicyclic) bond motifs is 1. The molecule has 0 saturated heterocycles. The zero-order valence-corrected chi connectivity index (χ0v) is 10.7. The lowest BCUT2D eigenvalue weighted by Gasteiger charge is -2.13. The topological polar surface area (TPSA) is 57.9 Å². The van der Waals surface area contributed by atoms with E-state index in [1.807, 2.05) is 13.0 Å². The standard InChI is InChI=1S/C13H14O5/c1-7-5-9(16-3)12(17-4)13-11(7)8(15-2)6-10(14)18-13/h5-6H,1-4H3. The van der Waals surface area contributed by atoms with Gasteiger partial charge in [-0.15, -0.1) is 0 Å². The normalized spacial score (nSPS) is 10.4. The van der Waals surface area contributed by atoms with Gasteiger partial charge in [-0.3, -0.25) is 0 Å². The molecule has 0 atom stereocenters. The molecule has 1 aromatic carbocycles. The van der Waals surface area contributed by atoms with Crippen molar-refractivity contribution in [1.29, 1.82) is 0 Å². The molecule has 0 spiro atoms. The number of ether oxygens (including phenoxy) is 3. The van der Waals surface area contributed by atoms with E-state index in [2.05, 4.69) is 0 Å². The molecule has 5 nitrogen and oxygen atoms in total. The third kappa shape index (κ3) is 1.77. The van der Waals surface area contributed by atoms with Crippen LogP contribution in [-0.2, 0) is 0 Å². The fourth-order valence-corrected chi connectivity index (χ4v) is 1.96. The molecule has 1 aromatic heterocycles. The summed E-state index contributed by atoms with van der Waals surface area (Å²) in [6.07, 6.45) is 0. The maximum atomic E-state index is 11.5. The van der Waals surface area contributed by atoms with Gasteiger partial charge in [-0.05, 0) is 18.6 Å². The molecule has 0 radical (unpaired) electrons. The van der Waals surface area contributed by atoms with Gasteiger partial charge in [0.25, 0.3) is 0 Å². The minimum absolute atomic E-state index is 0.332. The van der Waals surface area contributed by atoms with Crippen molar-refractivity contribution in [1.82, 2.24) is 0 Å². The SMILES string of the molecule is COc1cc(C)c2c(OC)cc(=O)oc2c1OC. The van der Waals surface area contributed by atoms with Crippen molar-refractivity contribution in [2.24, 2.45) is 0 Å². The van der Waals surface area contributed by atoms with Crippen LogP contribution in [0.2, 0.25) is 0 Å². The molecule has 96 valence electrons. The van der Waals surface area contributed by atoms with Gasteiger partial charge >= 0.3 is 5.63 Å². The van der Waals surface area contributed by atoms with Crippen molar-refractivity contribution in [2.45, 2.75) is 6.92 Å². The molecule has 0 aliphatic heterocycles. The molecule has 18 heavy (non-hydrogen) atoms. The highest BCUT2D eigenvalue weighted by molar-refractivity contribution is 5.93. The average Bonchev–Trinajstić information content (AvgIpc) is 2.36. The van der Waals surface area contributed by atoms with Gasteiger partial charge in [-0.2, -0.15) is 0 Å². The second-order valence-electron chi connectivity index (χ2n) is 3.77. The minimum atomic E-state index is -0.495. The van der Waals surface area contributed by atoms with Gasteiger partial charge in [0.05, 0.1) is 32.8 Å². The zero-order valence-electron chi connectivity index (χ0n) is 10.7. The summed E-state index contributed by atoms with van der Waals surface area (Å²) in [6.45, 7) is 1.88. The zero-order chi connectivity index (χ0) is 13.3. The van der Waals surface area contributed by atoms with Crippen LogP contribution >= 0.6 is 0 Å². The molecule has 0 saturated carbocycles. The van der Waals surface area contributed by atoms with Crippen LogP contribution in [0.15, 0.2) is 21.3 Å². The fourth-order valence-electron chi connectivity index (χ4n) is 1.96. The van der Waals surface area contributed by atoms with E-state index in [0.29, 0.717) is 28.2 Å². The summed E-state index contributed by atoms with van der Waals surface area (Å²) in [5.41, 5.74) is 0.715. The fraction of sp³-hybridized carbons (Fsp3) is 0.308.